The monoisotopic (exact) mass is 437 g/mol. The fourth-order valence-electron chi connectivity index (χ4n) is 3.26. The first-order chi connectivity index (χ1) is 14.1. The Bertz CT molecular complexity index is 1090. The Morgan fingerprint density at radius 2 is 1.80 bits per heavy atom. The van der Waals surface area contributed by atoms with Gasteiger partial charge in [0, 0.05) is 17.3 Å². The van der Waals surface area contributed by atoms with Gasteiger partial charge in [0.1, 0.15) is 0 Å². The van der Waals surface area contributed by atoms with Crippen molar-refractivity contribution in [2.24, 2.45) is 5.92 Å². The Kier molecular flexibility index (Phi) is 6.30. The van der Waals surface area contributed by atoms with Crippen LogP contribution < -0.4 is 5.69 Å². The number of nitrogens with zero attached hydrogens (tertiary/aromatic N) is 3. The number of hydrogen-bond acceptors (Lipinski definition) is 4. The first-order valence-electron chi connectivity index (χ1n) is 9.36. The second-order valence-electron chi connectivity index (χ2n) is 7.40. The summed E-state index contributed by atoms with van der Waals surface area (Å²) in [6.45, 7) is 6.08. The Hall–Kier alpha value is -2.68. The highest BCUT2D eigenvalue weighted by Crippen LogP contribution is 2.37. The third-order valence-electron chi connectivity index (χ3n) is 4.65. The number of alkyl halides is 3. The van der Waals surface area contributed by atoms with Gasteiger partial charge in [-0.05, 0) is 72.5 Å². The SMILES string of the molecule is Cc1c(O)n(-c2ccc(SC(F)(F)F)cc2)c(=O)n1Cc1ccncc1CC(C)C. The molecule has 0 aliphatic heterocycles. The molecule has 0 fully saturated rings. The molecule has 0 saturated carbocycles. The number of benzene rings is 1. The van der Waals surface area contributed by atoms with Crippen molar-refractivity contribution < 1.29 is 18.3 Å². The zero-order valence-corrected chi connectivity index (χ0v) is 17.6. The van der Waals surface area contributed by atoms with Crippen molar-refractivity contribution in [3.63, 3.8) is 0 Å². The molecule has 0 aliphatic carbocycles. The van der Waals surface area contributed by atoms with E-state index in [4.69, 9.17) is 0 Å². The Morgan fingerprint density at radius 3 is 2.40 bits per heavy atom. The number of thioether (sulfide) groups is 1. The molecule has 3 rings (SSSR count). The molecule has 2 heterocycles. The number of aromatic hydroxyl groups is 1. The van der Waals surface area contributed by atoms with E-state index in [1.165, 1.54) is 28.8 Å². The third kappa shape index (κ3) is 4.89. The second-order valence-corrected chi connectivity index (χ2v) is 8.54. The molecule has 0 saturated heterocycles. The Morgan fingerprint density at radius 1 is 1.13 bits per heavy atom. The highest BCUT2D eigenvalue weighted by molar-refractivity contribution is 8.00. The molecule has 5 nitrogen and oxygen atoms in total. The summed E-state index contributed by atoms with van der Waals surface area (Å²) in [6.07, 6.45) is 4.25. The van der Waals surface area contributed by atoms with Crippen molar-refractivity contribution in [2.75, 3.05) is 0 Å². The van der Waals surface area contributed by atoms with E-state index in [9.17, 15) is 23.1 Å². The minimum atomic E-state index is -4.39. The van der Waals surface area contributed by atoms with E-state index in [2.05, 4.69) is 18.8 Å². The lowest BCUT2D eigenvalue weighted by molar-refractivity contribution is -0.0328. The van der Waals surface area contributed by atoms with Gasteiger partial charge in [-0.25, -0.2) is 9.36 Å². The van der Waals surface area contributed by atoms with Crippen LogP contribution in [0.3, 0.4) is 0 Å². The highest BCUT2D eigenvalue weighted by atomic mass is 32.2. The summed E-state index contributed by atoms with van der Waals surface area (Å²) in [5.41, 5.74) is -2.23. The molecule has 0 atom stereocenters. The minimum Gasteiger partial charge on any atom is -0.493 e. The van der Waals surface area contributed by atoms with Gasteiger partial charge in [-0.1, -0.05) is 13.8 Å². The van der Waals surface area contributed by atoms with Crippen LogP contribution in [0.2, 0.25) is 0 Å². The van der Waals surface area contributed by atoms with Crippen LogP contribution in [0, 0.1) is 12.8 Å². The van der Waals surface area contributed by atoms with Crippen LogP contribution in [0.4, 0.5) is 13.2 Å². The number of imidazole rings is 1. The van der Waals surface area contributed by atoms with Crippen molar-refractivity contribution in [2.45, 2.75) is 44.1 Å². The molecule has 30 heavy (non-hydrogen) atoms. The van der Waals surface area contributed by atoms with Crippen LogP contribution in [0.5, 0.6) is 5.88 Å². The molecule has 0 aliphatic rings. The average Bonchev–Trinajstić information content (AvgIpc) is 2.86. The predicted molar refractivity (Wildman–Crippen MR) is 110 cm³/mol. The fourth-order valence-corrected chi connectivity index (χ4v) is 3.80. The Balaban J connectivity index is 1.96. The molecular weight excluding hydrogens is 415 g/mol. The number of rotatable bonds is 6. The summed E-state index contributed by atoms with van der Waals surface area (Å²) in [6, 6.07) is 7.16. The first-order valence-corrected chi connectivity index (χ1v) is 10.2. The molecule has 1 N–H and O–H groups in total. The van der Waals surface area contributed by atoms with Crippen LogP contribution >= 0.6 is 11.8 Å². The number of pyridine rings is 1. The van der Waals surface area contributed by atoms with Crippen molar-refractivity contribution in [3.8, 4) is 11.6 Å². The smallest absolute Gasteiger partial charge is 0.446 e. The molecule has 1 aromatic carbocycles. The molecule has 0 spiro atoms. The predicted octanol–water partition coefficient (Wildman–Crippen LogP) is 4.91. The van der Waals surface area contributed by atoms with E-state index >= 15 is 0 Å². The largest absolute Gasteiger partial charge is 0.493 e. The molecule has 0 radical (unpaired) electrons. The lowest BCUT2D eigenvalue weighted by atomic mass is 10.00. The average molecular weight is 437 g/mol. The van der Waals surface area contributed by atoms with Gasteiger partial charge >= 0.3 is 11.2 Å². The molecule has 3 aromatic rings. The van der Waals surface area contributed by atoms with E-state index in [1.54, 1.807) is 19.3 Å². The molecule has 2 aromatic heterocycles. The van der Waals surface area contributed by atoms with E-state index in [1.807, 2.05) is 6.07 Å². The molecule has 0 amide bonds. The maximum absolute atomic E-state index is 13.0. The third-order valence-corrected chi connectivity index (χ3v) is 5.39. The summed E-state index contributed by atoms with van der Waals surface area (Å²) in [5.74, 6) is 0.174. The topological polar surface area (TPSA) is 60.1 Å². The summed E-state index contributed by atoms with van der Waals surface area (Å²) in [5, 5.41) is 10.5. The maximum atomic E-state index is 13.0. The summed E-state index contributed by atoms with van der Waals surface area (Å²) in [4.78, 5) is 17.2. The zero-order chi connectivity index (χ0) is 22.1. The zero-order valence-electron chi connectivity index (χ0n) is 16.8. The molecular formula is C21H22F3N3O2S. The molecule has 9 heteroatoms. The molecule has 0 unspecified atom stereocenters. The van der Waals surface area contributed by atoms with Crippen molar-refractivity contribution in [3.05, 3.63) is 70.0 Å². The van der Waals surface area contributed by atoms with Gasteiger partial charge in [-0.15, -0.1) is 0 Å². The van der Waals surface area contributed by atoms with Gasteiger partial charge in [0.2, 0.25) is 5.88 Å². The van der Waals surface area contributed by atoms with Crippen molar-refractivity contribution in [1.82, 2.24) is 14.1 Å². The van der Waals surface area contributed by atoms with E-state index in [0.29, 0.717) is 17.3 Å². The number of aromatic nitrogens is 3. The highest BCUT2D eigenvalue weighted by Gasteiger charge is 2.29. The van der Waals surface area contributed by atoms with Gasteiger partial charge in [-0.3, -0.25) is 9.55 Å². The van der Waals surface area contributed by atoms with Gasteiger partial charge in [0.15, 0.2) is 0 Å². The summed E-state index contributed by atoms with van der Waals surface area (Å²) in [7, 11) is 0. The van der Waals surface area contributed by atoms with E-state index in [0.717, 1.165) is 22.1 Å². The second kappa shape index (κ2) is 8.59. The Labute approximate surface area is 176 Å². The van der Waals surface area contributed by atoms with Crippen molar-refractivity contribution >= 4 is 11.8 Å². The molecule has 160 valence electrons. The number of hydrogen-bond donors (Lipinski definition) is 1. The van der Waals surface area contributed by atoms with Gasteiger partial charge < -0.3 is 5.11 Å². The lowest BCUT2D eigenvalue weighted by Crippen LogP contribution is -2.24. The molecule has 0 bridgehead atoms. The standard InChI is InChI=1S/C21H22F3N3O2S/c1-13(2)10-16-11-25-9-8-15(16)12-26-14(3)19(28)27(20(26)29)17-4-6-18(7-5-17)30-21(22,23)24/h4-9,11,13,28H,10,12H2,1-3H3. The van der Waals surface area contributed by atoms with Gasteiger partial charge in [0.25, 0.3) is 0 Å². The van der Waals surface area contributed by atoms with Crippen LogP contribution in [0.25, 0.3) is 5.69 Å². The quantitative estimate of drug-likeness (QED) is 0.557. The minimum absolute atomic E-state index is 0.00468. The first kappa shape index (κ1) is 22.0. The van der Waals surface area contributed by atoms with Crippen LogP contribution in [-0.2, 0) is 13.0 Å². The van der Waals surface area contributed by atoms with Crippen LogP contribution in [0.15, 0.2) is 52.4 Å². The van der Waals surface area contributed by atoms with E-state index in [-0.39, 0.29) is 29.1 Å². The normalized spacial score (nSPS) is 12.0. The lowest BCUT2D eigenvalue weighted by Gasteiger charge is -2.12. The van der Waals surface area contributed by atoms with E-state index < -0.39 is 11.2 Å². The number of halogens is 3. The van der Waals surface area contributed by atoms with Crippen LogP contribution in [0.1, 0.15) is 30.7 Å². The van der Waals surface area contributed by atoms with Crippen LogP contribution in [-0.4, -0.2) is 24.7 Å². The van der Waals surface area contributed by atoms with Gasteiger partial charge in [0.05, 0.1) is 17.9 Å². The summed E-state index contributed by atoms with van der Waals surface area (Å²) >= 11 is -0.232. The maximum Gasteiger partial charge on any atom is 0.446 e. The fraction of sp³-hybridized carbons (Fsp3) is 0.333. The van der Waals surface area contributed by atoms with Crippen molar-refractivity contribution in [1.29, 1.82) is 0 Å². The van der Waals surface area contributed by atoms with Gasteiger partial charge in [-0.2, -0.15) is 13.2 Å². The summed E-state index contributed by atoms with van der Waals surface area (Å²) < 4.78 is 40.1.